The SMILES string of the molecule is COc1ccc(OC)c(-c2cc(C(=O)NCCn3nc(-c4ccc(F)cc4)ccc3=O)n(C)n2)c1. The van der Waals surface area contributed by atoms with Crippen molar-refractivity contribution in [3.05, 3.63) is 82.5 Å². The highest BCUT2D eigenvalue weighted by molar-refractivity contribution is 5.94. The van der Waals surface area contributed by atoms with Gasteiger partial charge in [-0.25, -0.2) is 9.07 Å². The molecular formula is C25H24FN5O4. The molecule has 0 radical (unpaired) electrons. The number of aryl methyl sites for hydroxylation is 1. The third kappa shape index (κ3) is 5.21. The van der Waals surface area contributed by atoms with E-state index in [0.717, 1.165) is 0 Å². The topological polar surface area (TPSA) is 100 Å². The van der Waals surface area contributed by atoms with Gasteiger partial charge < -0.3 is 14.8 Å². The van der Waals surface area contributed by atoms with Crippen molar-refractivity contribution in [3.63, 3.8) is 0 Å². The maximum Gasteiger partial charge on any atom is 0.269 e. The van der Waals surface area contributed by atoms with Gasteiger partial charge in [-0.05, 0) is 54.6 Å². The third-order valence-electron chi connectivity index (χ3n) is 5.41. The van der Waals surface area contributed by atoms with Gasteiger partial charge in [0.25, 0.3) is 11.5 Å². The largest absolute Gasteiger partial charge is 0.497 e. The zero-order valence-electron chi connectivity index (χ0n) is 19.5. The maximum atomic E-state index is 13.2. The molecule has 1 amide bonds. The minimum absolute atomic E-state index is 0.161. The number of nitrogens with zero attached hydrogens (tertiary/aromatic N) is 4. The second kappa shape index (κ2) is 10.2. The Morgan fingerprint density at radius 2 is 1.74 bits per heavy atom. The number of nitrogens with one attached hydrogen (secondary N) is 1. The van der Waals surface area contributed by atoms with Crippen LogP contribution in [0.15, 0.2) is 65.5 Å². The van der Waals surface area contributed by atoms with E-state index < -0.39 is 0 Å². The van der Waals surface area contributed by atoms with Crippen LogP contribution in [0.3, 0.4) is 0 Å². The van der Waals surface area contributed by atoms with Crippen molar-refractivity contribution in [1.82, 2.24) is 24.9 Å². The number of hydrogen-bond donors (Lipinski definition) is 1. The van der Waals surface area contributed by atoms with Crippen molar-refractivity contribution < 1.29 is 18.7 Å². The van der Waals surface area contributed by atoms with Gasteiger partial charge in [0.2, 0.25) is 0 Å². The molecule has 35 heavy (non-hydrogen) atoms. The number of carbonyl (C=O) groups is 1. The quantitative estimate of drug-likeness (QED) is 0.419. The standard InChI is InChI=1S/C25H24FN5O4/c1-30-22(15-21(28-30)19-14-18(34-2)8-10-23(19)35-3)25(33)27-12-13-31-24(32)11-9-20(29-31)16-4-6-17(26)7-5-16/h4-11,14-15H,12-13H2,1-3H3,(H,27,33). The fourth-order valence-electron chi connectivity index (χ4n) is 3.58. The van der Waals surface area contributed by atoms with Crippen molar-refractivity contribution in [2.24, 2.45) is 7.05 Å². The van der Waals surface area contributed by atoms with Gasteiger partial charge in [0.1, 0.15) is 23.0 Å². The Bertz CT molecular complexity index is 1410. The molecule has 10 heteroatoms. The number of rotatable bonds is 8. The molecule has 0 bridgehead atoms. The molecule has 1 N–H and O–H groups in total. The van der Waals surface area contributed by atoms with E-state index in [2.05, 4.69) is 15.5 Å². The lowest BCUT2D eigenvalue weighted by Gasteiger charge is -2.09. The summed E-state index contributed by atoms with van der Waals surface area (Å²) in [5.41, 5.74) is 2.48. The first-order valence-electron chi connectivity index (χ1n) is 10.8. The second-order valence-electron chi connectivity index (χ2n) is 7.65. The lowest BCUT2D eigenvalue weighted by Crippen LogP contribution is -2.32. The highest BCUT2D eigenvalue weighted by Crippen LogP contribution is 2.32. The van der Waals surface area contributed by atoms with Crippen LogP contribution in [0.5, 0.6) is 11.5 Å². The summed E-state index contributed by atoms with van der Waals surface area (Å²) in [5.74, 6) is 0.532. The van der Waals surface area contributed by atoms with Gasteiger partial charge in [0.15, 0.2) is 0 Å². The van der Waals surface area contributed by atoms with Crippen molar-refractivity contribution in [2.75, 3.05) is 20.8 Å². The molecule has 0 unspecified atom stereocenters. The summed E-state index contributed by atoms with van der Waals surface area (Å²) in [7, 11) is 4.80. The van der Waals surface area contributed by atoms with Crippen LogP contribution in [0.1, 0.15) is 10.5 Å². The average Bonchev–Trinajstić information content (AvgIpc) is 3.26. The summed E-state index contributed by atoms with van der Waals surface area (Å²) >= 11 is 0. The van der Waals surface area contributed by atoms with Gasteiger partial charge in [-0.1, -0.05) is 0 Å². The van der Waals surface area contributed by atoms with Crippen molar-refractivity contribution in [1.29, 1.82) is 0 Å². The van der Waals surface area contributed by atoms with Gasteiger partial charge >= 0.3 is 0 Å². The number of ether oxygens (including phenoxy) is 2. The summed E-state index contributed by atoms with van der Waals surface area (Å²) in [6.45, 7) is 0.329. The lowest BCUT2D eigenvalue weighted by atomic mass is 10.1. The Balaban J connectivity index is 1.47. The zero-order chi connectivity index (χ0) is 24.9. The van der Waals surface area contributed by atoms with Crippen LogP contribution in [-0.2, 0) is 13.6 Å². The molecule has 0 fully saturated rings. The molecule has 0 aliphatic rings. The van der Waals surface area contributed by atoms with Crippen LogP contribution in [0, 0.1) is 5.82 Å². The number of hydrogen-bond acceptors (Lipinski definition) is 6. The van der Waals surface area contributed by atoms with Crippen molar-refractivity contribution >= 4 is 5.91 Å². The van der Waals surface area contributed by atoms with E-state index >= 15 is 0 Å². The minimum atomic E-state index is -0.354. The first kappa shape index (κ1) is 23.7. The molecule has 0 aliphatic carbocycles. The number of benzene rings is 2. The zero-order valence-corrected chi connectivity index (χ0v) is 19.5. The highest BCUT2D eigenvalue weighted by Gasteiger charge is 2.17. The molecule has 180 valence electrons. The van der Waals surface area contributed by atoms with E-state index in [-0.39, 0.29) is 30.4 Å². The fourth-order valence-corrected chi connectivity index (χ4v) is 3.58. The maximum absolute atomic E-state index is 13.2. The Kier molecular flexibility index (Phi) is 6.91. The van der Waals surface area contributed by atoms with Gasteiger partial charge in [-0.2, -0.15) is 10.2 Å². The number of halogens is 1. The summed E-state index contributed by atoms with van der Waals surface area (Å²) in [6, 6.07) is 15.8. The van der Waals surface area contributed by atoms with E-state index in [1.165, 1.54) is 27.6 Å². The van der Waals surface area contributed by atoms with E-state index in [4.69, 9.17) is 9.47 Å². The molecule has 0 atom stereocenters. The molecular weight excluding hydrogens is 453 g/mol. The highest BCUT2D eigenvalue weighted by atomic mass is 19.1. The molecule has 0 aliphatic heterocycles. The first-order valence-corrected chi connectivity index (χ1v) is 10.8. The third-order valence-corrected chi connectivity index (χ3v) is 5.41. The summed E-state index contributed by atoms with van der Waals surface area (Å²) in [4.78, 5) is 25.0. The van der Waals surface area contributed by atoms with Crippen LogP contribution in [0.25, 0.3) is 22.5 Å². The molecule has 2 heterocycles. The molecule has 0 saturated carbocycles. The number of amides is 1. The van der Waals surface area contributed by atoms with E-state index in [1.807, 2.05) is 0 Å². The summed E-state index contributed by atoms with van der Waals surface area (Å²) < 4.78 is 26.6. The predicted octanol–water partition coefficient (Wildman–Crippen LogP) is 2.90. The Morgan fingerprint density at radius 1 is 0.971 bits per heavy atom. The average molecular weight is 477 g/mol. The smallest absolute Gasteiger partial charge is 0.269 e. The first-order chi connectivity index (χ1) is 16.9. The van der Waals surface area contributed by atoms with E-state index in [1.54, 1.807) is 63.7 Å². The Labute approximate surface area is 200 Å². The van der Waals surface area contributed by atoms with Gasteiger partial charge in [0.05, 0.1) is 32.2 Å². The molecule has 4 aromatic rings. The molecule has 0 spiro atoms. The van der Waals surface area contributed by atoms with Crippen LogP contribution >= 0.6 is 0 Å². The monoisotopic (exact) mass is 477 g/mol. The Morgan fingerprint density at radius 3 is 2.46 bits per heavy atom. The summed E-state index contributed by atoms with van der Waals surface area (Å²) in [5, 5.41) is 11.6. The molecule has 0 saturated heterocycles. The van der Waals surface area contributed by atoms with Gasteiger partial charge in [-0.3, -0.25) is 14.3 Å². The number of carbonyl (C=O) groups excluding carboxylic acids is 1. The molecule has 2 aromatic carbocycles. The van der Waals surface area contributed by atoms with E-state index in [9.17, 15) is 14.0 Å². The molecule has 4 rings (SSSR count). The van der Waals surface area contributed by atoms with Gasteiger partial charge in [0, 0.05) is 30.8 Å². The van der Waals surface area contributed by atoms with Crippen LogP contribution in [-0.4, -0.2) is 46.2 Å². The normalized spacial score (nSPS) is 10.7. The van der Waals surface area contributed by atoms with Crippen LogP contribution in [0.2, 0.25) is 0 Å². The van der Waals surface area contributed by atoms with Crippen LogP contribution < -0.4 is 20.3 Å². The molecule has 2 aromatic heterocycles. The summed E-state index contributed by atoms with van der Waals surface area (Å²) in [6.07, 6.45) is 0. The van der Waals surface area contributed by atoms with Crippen molar-refractivity contribution in [2.45, 2.75) is 6.54 Å². The predicted molar refractivity (Wildman–Crippen MR) is 128 cm³/mol. The minimum Gasteiger partial charge on any atom is -0.497 e. The van der Waals surface area contributed by atoms with E-state index in [0.29, 0.717) is 39.7 Å². The van der Waals surface area contributed by atoms with Crippen LogP contribution in [0.4, 0.5) is 4.39 Å². The fraction of sp³-hybridized carbons (Fsp3) is 0.200. The second-order valence-corrected chi connectivity index (χ2v) is 7.65. The Hall–Kier alpha value is -4.47. The number of methoxy groups -OCH3 is 2. The molecule has 9 nitrogen and oxygen atoms in total. The van der Waals surface area contributed by atoms with Crippen molar-refractivity contribution in [3.8, 4) is 34.0 Å². The lowest BCUT2D eigenvalue weighted by molar-refractivity contribution is 0.0942. The number of aromatic nitrogens is 4. The van der Waals surface area contributed by atoms with Gasteiger partial charge in [-0.15, -0.1) is 0 Å².